The number of carbonyl (C=O) groups excluding carboxylic acids is 1. The van der Waals surface area contributed by atoms with E-state index in [0.717, 1.165) is 11.1 Å². The Morgan fingerprint density at radius 1 is 1.22 bits per heavy atom. The van der Waals surface area contributed by atoms with E-state index in [0.29, 0.717) is 28.9 Å². The van der Waals surface area contributed by atoms with E-state index < -0.39 is 0 Å². The Labute approximate surface area is 162 Å². The molecule has 2 aromatic rings. The molecule has 0 aliphatic carbocycles. The van der Waals surface area contributed by atoms with E-state index >= 15 is 0 Å². The maximum absolute atomic E-state index is 13.0. The Morgan fingerprint density at radius 2 is 1.96 bits per heavy atom. The molecule has 1 N–H and O–H groups in total. The maximum Gasteiger partial charge on any atom is 0.276 e. The minimum absolute atomic E-state index is 0.151. The van der Waals surface area contributed by atoms with Gasteiger partial charge in [-0.25, -0.2) is 4.39 Å². The molecule has 0 saturated carbocycles. The van der Waals surface area contributed by atoms with Gasteiger partial charge in [0.25, 0.3) is 5.91 Å². The molecule has 1 amide bonds. The van der Waals surface area contributed by atoms with Gasteiger partial charge in [-0.3, -0.25) is 9.69 Å². The summed E-state index contributed by atoms with van der Waals surface area (Å²) in [7, 11) is 1.58. The maximum atomic E-state index is 13.0. The molecule has 0 spiro atoms. The fraction of sp³-hybridized carbons (Fsp3) is 0.200. The minimum Gasteiger partial charge on any atom is -0.496 e. The topological polar surface area (TPSA) is 50.8 Å². The first-order chi connectivity index (χ1) is 13.0. The molecule has 0 radical (unpaired) electrons. The van der Waals surface area contributed by atoms with Crippen LogP contribution in [0.1, 0.15) is 18.1 Å². The van der Waals surface area contributed by atoms with Crippen molar-refractivity contribution in [3.8, 4) is 11.5 Å². The number of hydrogen-bond donors (Lipinski definition) is 1. The highest BCUT2D eigenvalue weighted by molar-refractivity contribution is 7.80. The zero-order chi connectivity index (χ0) is 19.4. The zero-order valence-electron chi connectivity index (χ0n) is 15.0. The molecule has 1 aliphatic heterocycles. The lowest BCUT2D eigenvalue weighted by atomic mass is 10.1. The van der Waals surface area contributed by atoms with Crippen LogP contribution >= 0.6 is 12.2 Å². The van der Waals surface area contributed by atoms with Crippen LogP contribution in [0.25, 0.3) is 6.08 Å². The molecule has 0 atom stereocenters. The molecule has 3 rings (SSSR count). The molecular weight excluding hydrogens is 367 g/mol. The predicted molar refractivity (Wildman–Crippen MR) is 105 cm³/mol. The number of ether oxygens (including phenoxy) is 2. The van der Waals surface area contributed by atoms with Gasteiger partial charge in [-0.2, -0.15) is 0 Å². The third-order valence-corrected chi connectivity index (χ3v) is 4.42. The van der Waals surface area contributed by atoms with Crippen LogP contribution in [-0.4, -0.2) is 29.6 Å². The summed E-state index contributed by atoms with van der Waals surface area (Å²) in [6.07, 6.45) is 1.74. The number of nitrogens with zero attached hydrogens (tertiary/aromatic N) is 1. The molecule has 0 unspecified atom stereocenters. The van der Waals surface area contributed by atoms with E-state index in [2.05, 4.69) is 5.32 Å². The summed E-state index contributed by atoms with van der Waals surface area (Å²) in [6.45, 7) is 2.63. The number of thiocarbonyl (C=S) groups is 1. The number of benzene rings is 2. The number of nitrogens with one attached hydrogen (secondary N) is 1. The summed E-state index contributed by atoms with van der Waals surface area (Å²) in [5.74, 6) is 0.748. The lowest BCUT2D eigenvalue weighted by molar-refractivity contribution is -0.122. The molecule has 5 nitrogen and oxygen atoms in total. The van der Waals surface area contributed by atoms with Gasteiger partial charge < -0.3 is 14.8 Å². The van der Waals surface area contributed by atoms with E-state index in [-0.39, 0.29) is 18.3 Å². The van der Waals surface area contributed by atoms with Gasteiger partial charge in [0.15, 0.2) is 5.11 Å². The fourth-order valence-corrected chi connectivity index (χ4v) is 3.04. The van der Waals surface area contributed by atoms with Crippen LogP contribution in [-0.2, 0) is 11.4 Å². The standard InChI is InChI=1S/C20H19FN2O3S/c1-3-23-19(24)17(22-20(23)27)11-13-4-9-18(25-2)14(10-13)12-26-16-7-5-15(21)6-8-16/h4-11H,3,12H2,1-2H3,(H,22,27)/b17-11+. The molecule has 0 aromatic heterocycles. The van der Waals surface area contributed by atoms with E-state index in [4.69, 9.17) is 21.7 Å². The summed E-state index contributed by atoms with van der Waals surface area (Å²) in [6, 6.07) is 11.3. The highest BCUT2D eigenvalue weighted by Gasteiger charge is 2.29. The number of halogens is 1. The van der Waals surface area contributed by atoms with Crippen LogP contribution < -0.4 is 14.8 Å². The molecule has 2 aromatic carbocycles. The SMILES string of the molecule is CCN1C(=O)/C(=C\c2ccc(OC)c(COc3ccc(F)cc3)c2)NC1=S. The summed E-state index contributed by atoms with van der Waals surface area (Å²) in [5.41, 5.74) is 2.04. The number of methoxy groups -OCH3 is 1. The van der Waals surface area contributed by atoms with Crippen LogP contribution in [0.2, 0.25) is 0 Å². The third-order valence-electron chi connectivity index (χ3n) is 4.10. The van der Waals surface area contributed by atoms with Gasteiger partial charge in [0.05, 0.1) is 7.11 Å². The van der Waals surface area contributed by atoms with E-state index in [1.165, 1.54) is 17.0 Å². The van der Waals surface area contributed by atoms with Gasteiger partial charge in [-0.05, 0) is 67.2 Å². The number of carbonyl (C=O) groups is 1. The van der Waals surface area contributed by atoms with Crippen LogP contribution in [0.5, 0.6) is 11.5 Å². The number of rotatable bonds is 6. The molecular formula is C20H19FN2O3S. The molecule has 0 bridgehead atoms. The third kappa shape index (κ3) is 4.25. The summed E-state index contributed by atoms with van der Waals surface area (Å²) in [5, 5.41) is 3.34. The van der Waals surface area contributed by atoms with Crippen molar-refractivity contribution in [3.63, 3.8) is 0 Å². The first-order valence-corrected chi connectivity index (χ1v) is 8.82. The zero-order valence-corrected chi connectivity index (χ0v) is 15.8. The Morgan fingerprint density at radius 3 is 2.59 bits per heavy atom. The first-order valence-electron chi connectivity index (χ1n) is 8.41. The largest absolute Gasteiger partial charge is 0.496 e. The Kier molecular flexibility index (Phi) is 5.71. The van der Waals surface area contributed by atoms with Crippen LogP contribution in [0, 0.1) is 5.82 Å². The first kappa shape index (κ1) is 18.8. The molecule has 140 valence electrons. The van der Waals surface area contributed by atoms with Crippen LogP contribution in [0.3, 0.4) is 0 Å². The van der Waals surface area contributed by atoms with Crippen molar-refractivity contribution in [3.05, 3.63) is 65.1 Å². The highest BCUT2D eigenvalue weighted by atomic mass is 32.1. The normalized spacial score (nSPS) is 15.2. The minimum atomic E-state index is -0.318. The Hall–Kier alpha value is -2.93. The van der Waals surface area contributed by atoms with Gasteiger partial charge in [-0.15, -0.1) is 0 Å². The molecule has 27 heavy (non-hydrogen) atoms. The second-order valence-corrected chi connectivity index (χ2v) is 6.24. The van der Waals surface area contributed by atoms with Crippen molar-refractivity contribution in [1.29, 1.82) is 0 Å². The van der Waals surface area contributed by atoms with Crippen molar-refractivity contribution in [2.24, 2.45) is 0 Å². The Balaban J connectivity index is 1.81. The molecule has 1 saturated heterocycles. The summed E-state index contributed by atoms with van der Waals surface area (Å²) >= 11 is 5.17. The number of amides is 1. The van der Waals surface area contributed by atoms with Gasteiger partial charge in [0.2, 0.25) is 0 Å². The van der Waals surface area contributed by atoms with Crippen molar-refractivity contribution >= 4 is 29.3 Å². The van der Waals surface area contributed by atoms with E-state index in [1.807, 2.05) is 25.1 Å². The monoisotopic (exact) mass is 386 g/mol. The van der Waals surface area contributed by atoms with Crippen LogP contribution in [0.4, 0.5) is 4.39 Å². The van der Waals surface area contributed by atoms with E-state index in [1.54, 1.807) is 25.3 Å². The van der Waals surface area contributed by atoms with E-state index in [9.17, 15) is 9.18 Å². The quantitative estimate of drug-likeness (QED) is 0.608. The molecule has 1 fully saturated rings. The predicted octanol–water partition coefficient (Wildman–Crippen LogP) is 3.49. The van der Waals surface area contributed by atoms with Crippen LogP contribution in [0.15, 0.2) is 48.2 Å². The van der Waals surface area contributed by atoms with Gasteiger partial charge in [-0.1, -0.05) is 6.07 Å². The van der Waals surface area contributed by atoms with Gasteiger partial charge >= 0.3 is 0 Å². The lowest BCUT2D eigenvalue weighted by Gasteiger charge is -2.11. The fourth-order valence-electron chi connectivity index (χ4n) is 2.72. The van der Waals surface area contributed by atoms with Crippen molar-refractivity contribution < 1.29 is 18.7 Å². The lowest BCUT2D eigenvalue weighted by Crippen LogP contribution is -2.30. The van der Waals surface area contributed by atoms with Crippen molar-refractivity contribution in [1.82, 2.24) is 10.2 Å². The average Bonchev–Trinajstić information content (AvgIpc) is 2.94. The second-order valence-electron chi connectivity index (χ2n) is 5.85. The van der Waals surface area contributed by atoms with Gasteiger partial charge in [0.1, 0.15) is 29.6 Å². The Bertz CT molecular complexity index is 897. The molecule has 7 heteroatoms. The second kappa shape index (κ2) is 8.18. The number of hydrogen-bond acceptors (Lipinski definition) is 4. The molecule has 1 aliphatic rings. The average molecular weight is 386 g/mol. The summed E-state index contributed by atoms with van der Waals surface area (Å²) < 4.78 is 24.1. The van der Waals surface area contributed by atoms with Crippen molar-refractivity contribution in [2.45, 2.75) is 13.5 Å². The molecule has 1 heterocycles. The van der Waals surface area contributed by atoms with Crippen molar-refractivity contribution in [2.75, 3.05) is 13.7 Å². The van der Waals surface area contributed by atoms with Gasteiger partial charge in [0, 0.05) is 12.1 Å². The highest BCUT2D eigenvalue weighted by Crippen LogP contribution is 2.24. The smallest absolute Gasteiger partial charge is 0.276 e. The number of likely N-dealkylation sites (N-methyl/N-ethyl adjacent to an activating group) is 1. The summed E-state index contributed by atoms with van der Waals surface area (Å²) in [4.78, 5) is 13.8.